The lowest BCUT2D eigenvalue weighted by atomic mass is 10.1. The standard InChI is InChI=1S/C14H14N4O/c1-11-4-2-5-12(10-11)6-9-17-14(19)18-13-15-7-3-8-16-13/h2-10H,1H3,(H2,15,16,17,18,19)/b9-6+. The van der Waals surface area contributed by atoms with Crippen LogP contribution in [0.2, 0.25) is 0 Å². The summed E-state index contributed by atoms with van der Waals surface area (Å²) in [7, 11) is 0. The first kappa shape index (κ1) is 12.8. The summed E-state index contributed by atoms with van der Waals surface area (Å²) in [4.78, 5) is 19.3. The summed E-state index contributed by atoms with van der Waals surface area (Å²) in [5, 5.41) is 5.10. The van der Waals surface area contributed by atoms with Gasteiger partial charge >= 0.3 is 6.03 Å². The molecular weight excluding hydrogens is 240 g/mol. The third-order valence-corrected chi connectivity index (χ3v) is 2.32. The van der Waals surface area contributed by atoms with E-state index in [1.807, 2.05) is 37.3 Å². The number of hydrogen-bond acceptors (Lipinski definition) is 3. The maximum absolute atomic E-state index is 11.5. The highest BCUT2D eigenvalue weighted by atomic mass is 16.2. The fraction of sp³-hybridized carbons (Fsp3) is 0.0714. The van der Waals surface area contributed by atoms with E-state index in [1.54, 1.807) is 24.7 Å². The Morgan fingerprint density at radius 3 is 2.74 bits per heavy atom. The van der Waals surface area contributed by atoms with E-state index in [0.717, 1.165) is 5.56 Å². The molecule has 2 aromatic rings. The van der Waals surface area contributed by atoms with Crippen molar-refractivity contribution in [3.05, 3.63) is 60.1 Å². The van der Waals surface area contributed by atoms with Crippen LogP contribution in [0.3, 0.4) is 0 Å². The topological polar surface area (TPSA) is 66.9 Å². The van der Waals surface area contributed by atoms with Crippen LogP contribution in [-0.4, -0.2) is 16.0 Å². The van der Waals surface area contributed by atoms with Crippen molar-refractivity contribution in [3.63, 3.8) is 0 Å². The Kier molecular flexibility index (Phi) is 4.23. The molecule has 0 bridgehead atoms. The number of nitrogens with one attached hydrogen (secondary N) is 2. The Labute approximate surface area is 111 Å². The molecule has 2 rings (SSSR count). The van der Waals surface area contributed by atoms with E-state index >= 15 is 0 Å². The zero-order valence-electron chi connectivity index (χ0n) is 10.5. The Bertz CT molecular complexity index is 581. The van der Waals surface area contributed by atoms with E-state index in [2.05, 4.69) is 20.6 Å². The molecule has 2 N–H and O–H groups in total. The third-order valence-electron chi connectivity index (χ3n) is 2.32. The molecule has 0 unspecified atom stereocenters. The average Bonchev–Trinajstić information content (AvgIpc) is 2.40. The summed E-state index contributed by atoms with van der Waals surface area (Å²) in [6.07, 6.45) is 6.52. The Morgan fingerprint density at radius 2 is 2.00 bits per heavy atom. The lowest BCUT2D eigenvalue weighted by Crippen LogP contribution is -2.24. The predicted molar refractivity (Wildman–Crippen MR) is 74.4 cm³/mol. The summed E-state index contributed by atoms with van der Waals surface area (Å²) >= 11 is 0. The molecule has 1 aromatic carbocycles. The highest BCUT2D eigenvalue weighted by Crippen LogP contribution is 2.05. The van der Waals surface area contributed by atoms with Gasteiger partial charge in [-0.15, -0.1) is 0 Å². The van der Waals surface area contributed by atoms with Crippen molar-refractivity contribution in [3.8, 4) is 0 Å². The zero-order valence-corrected chi connectivity index (χ0v) is 10.5. The van der Waals surface area contributed by atoms with Crippen LogP contribution in [-0.2, 0) is 0 Å². The smallest absolute Gasteiger partial charge is 0.314 e. The van der Waals surface area contributed by atoms with Crippen LogP contribution in [0.4, 0.5) is 10.7 Å². The van der Waals surface area contributed by atoms with Gasteiger partial charge in [0.25, 0.3) is 0 Å². The van der Waals surface area contributed by atoms with E-state index in [4.69, 9.17) is 0 Å². The lowest BCUT2D eigenvalue weighted by Gasteiger charge is -2.01. The highest BCUT2D eigenvalue weighted by molar-refractivity contribution is 5.88. The number of hydrogen-bond donors (Lipinski definition) is 2. The molecule has 19 heavy (non-hydrogen) atoms. The van der Waals surface area contributed by atoms with Gasteiger partial charge in [0.1, 0.15) is 0 Å². The van der Waals surface area contributed by atoms with Crippen molar-refractivity contribution in [2.24, 2.45) is 0 Å². The van der Waals surface area contributed by atoms with Crippen molar-refractivity contribution < 1.29 is 4.79 Å². The summed E-state index contributed by atoms with van der Waals surface area (Å²) < 4.78 is 0. The molecule has 0 fully saturated rings. The number of carbonyl (C=O) groups excluding carboxylic acids is 1. The second-order valence-corrected chi connectivity index (χ2v) is 3.92. The Morgan fingerprint density at radius 1 is 1.21 bits per heavy atom. The molecular formula is C14H14N4O. The van der Waals surface area contributed by atoms with Gasteiger partial charge in [0, 0.05) is 18.6 Å². The molecule has 0 radical (unpaired) electrons. The van der Waals surface area contributed by atoms with Crippen LogP contribution in [0.15, 0.2) is 48.9 Å². The lowest BCUT2D eigenvalue weighted by molar-refractivity contribution is 0.255. The molecule has 0 atom stereocenters. The SMILES string of the molecule is Cc1cccc(/C=C/NC(=O)Nc2ncccn2)c1. The molecule has 0 spiro atoms. The fourth-order valence-corrected chi connectivity index (χ4v) is 1.49. The number of amides is 2. The van der Waals surface area contributed by atoms with Crippen LogP contribution in [0, 0.1) is 6.92 Å². The van der Waals surface area contributed by atoms with Gasteiger partial charge in [-0.3, -0.25) is 5.32 Å². The van der Waals surface area contributed by atoms with E-state index in [0.29, 0.717) is 0 Å². The van der Waals surface area contributed by atoms with E-state index in [-0.39, 0.29) is 12.0 Å². The van der Waals surface area contributed by atoms with Crippen LogP contribution >= 0.6 is 0 Å². The van der Waals surface area contributed by atoms with E-state index in [1.165, 1.54) is 5.56 Å². The first-order valence-electron chi connectivity index (χ1n) is 5.82. The van der Waals surface area contributed by atoms with E-state index in [9.17, 15) is 4.79 Å². The van der Waals surface area contributed by atoms with Gasteiger partial charge in [0.15, 0.2) is 0 Å². The van der Waals surface area contributed by atoms with E-state index < -0.39 is 0 Å². The molecule has 0 aliphatic carbocycles. The number of aryl methyl sites for hydroxylation is 1. The summed E-state index contributed by atoms with van der Waals surface area (Å²) in [5.74, 6) is 0.268. The second-order valence-electron chi connectivity index (χ2n) is 3.92. The third kappa shape index (κ3) is 4.23. The maximum atomic E-state index is 11.5. The Balaban J connectivity index is 1.87. The molecule has 5 nitrogen and oxygen atoms in total. The maximum Gasteiger partial charge on any atom is 0.325 e. The molecule has 5 heteroatoms. The van der Waals surface area contributed by atoms with Gasteiger partial charge in [-0.05, 0) is 24.6 Å². The number of anilines is 1. The number of carbonyl (C=O) groups is 1. The molecule has 0 saturated heterocycles. The number of benzene rings is 1. The van der Waals surface area contributed by atoms with Gasteiger partial charge < -0.3 is 5.32 Å². The van der Waals surface area contributed by atoms with Crippen molar-refractivity contribution in [2.45, 2.75) is 6.92 Å². The van der Waals surface area contributed by atoms with Crippen molar-refractivity contribution >= 4 is 18.1 Å². The number of rotatable bonds is 3. The van der Waals surface area contributed by atoms with Crippen LogP contribution < -0.4 is 10.6 Å². The van der Waals surface area contributed by atoms with Gasteiger partial charge in [-0.1, -0.05) is 29.8 Å². The van der Waals surface area contributed by atoms with Crippen molar-refractivity contribution in [1.82, 2.24) is 15.3 Å². The summed E-state index contributed by atoms with van der Waals surface area (Å²) in [6, 6.07) is 9.27. The largest absolute Gasteiger partial charge is 0.325 e. The van der Waals surface area contributed by atoms with Crippen molar-refractivity contribution in [1.29, 1.82) is 0 Å². The molecule has 0 saturated carbocycles. The van der Waals surface area contributed by atoms with Gasteiger partial charge in [0.2, 0.25) is 5.95 Å². The van der Waals surface area contributed by atoms with Gasteiger partial charge in [-0.25, -0.2) is 14.8 Å². The van der Waals surface area contributed by atoms with Gasteiger partial charge in [0.05, 0.1) is 0 Å². The molecule has 96 valence electrons. The van der Waals surface area contributed by atoms with Crippen LogP contribution in [0.5, 0.6) is 0 Å². The molecule has 1 heterocycles. The summed E-state index contributed by atoms with van der Waals surface area (Å²) in [6.45, 7) is 2.02. The average molecular weight is 254 g/mol. The fourth-order valence-electron chi connectivity index (χ4n) is 1.49. The van der Waals surface area contributed by atoms with Crippen LogP contribution in [0.1, 0.15) is 11.1 Å². The highest BCUT2D eigenvalue weighted by Gasteiger charge is 1.99. The van der Waals surface area contributed by atoms with Crippen LogP contribution in [0.25, 0.3) is 6.08 Å². The normalized spacial score (nSPS) is 10.4. The zero-order chi connectivity index (χ0) is 13.5. The minimum Gasteiger partial charge on any atom is -0.314 e. The second kappa shape index (κ2) is 6.30. The molecule has 0 aliphatic heterocycles. The Hall–Kier alpha value is -2.69. The predicted octanol–water partition coefficient (Wildman–Crippen LogP) is 2.58. The van der Waals surface area contributed by atoms with Gasteiger partial charge in [-0.2, -0.15) is 0 Å². The minimum absolute atomic E-state index is 0.268. The summed E-state index contributed by atoms with van der Waals surface area (Å²) in [5.41, 5.74) is 2.19. The number of aromatic nitrogens is 2. The first-order valence-corrected chi connectivity index (χ1v) is 5.82. The number of nitrogens with zero attached hydrogens (tertiary/aromatic N) is 2. The molecule has 2 amide bonds. The minimum atomic E-state index is -0.380. The quantitative estimate of drug-likeness (QED) is 0.884. The van der Waals surface area contributed by atoms with Crippen molar-refractivity contribution in [2.75, 3.05) is 5.32 Å². The molecule has 0 aliphatic rings. The molecule has 1 aromatic heterocycles. The first-order chi connectivity index (χ1) is 9.24. The monoisotopic (exact) mass is 254 g/mol. The number of urea groups is 1.